The number of aliphatic hydroxyl groups excluding tert-OH is 2. The minimum Gasteiger partial charge on any atom is -0.465 e. The van der Waals surface area contributed by atoms with E-state index in [9.17, 15) is 10.2 Å². The van der Waals surface area contributed by atoms with Crippen molar-refractivity contribution in [1.29, 1.82) is 0 Å². The smallest absolute Gasteiger partial charge is 0.117 e. The van der Waals surface area contributed by atoms with Crippen LogP contribution in [0.2, 0.25) is 0 Å². The lowest BCUT2D eigenvalue weighted by molar-refractivity contribution is -0.119. The first-order chi connectivity index (χ1) is 9.20. The van der Waals surface area contributed by atoms with Gasteiger partial charge in [-0.15, -0.1) is 0 Å². The molecule has 5 nitrogen and oxygen atoms in total. The molecule has 5 heteroatoms. The molecule has 0 unspecified atom stereocenters. The molecule has 0 saturated carbocycles. The van der Waals surface area contributed by atoms with Crippen molar-refractivity contribution in [2.24, 2.45) is 5.92 Å². The van der Waals surface area contributed by atoms with Crippen molar-refractivity contribution < 1.29 is 19.4 Å². The first-order valence-corrected chi connectivity index (χ1v) is 6.93. The summed E-state index contributed by atoms with van der Waals surface area (Å²) in [5, 5.41) is 22.6. The molecule has 0 amide bonds. The van der Waals surface area contributed by atoms with E-state index < -0.39 is 12.2 Å². The van der Waals surface area contributed by atoms with E-state index in [0.29, 0.717) is 19.7 Å². The van der Waals surface area contributed by atoms with Crippen LogP contribution in [0.3, 0.4) is 0 Å². The van der Waals surface area contributed by atoms with Gasteiger partial charge in [0.15, 0.2) is 0 Å². The Balaban J connectivity index is 1.73. The molecule has 1 aliphatic heterocycles. The second kappa shape index (κ2) is 7.05. The third-order valence-electron chi connectivity index (χ3n) is 3.42. The number of ether oxygens (including phenoxy) is 1. The molecule has 3 atom stereocenters. The second-order valence-corrected chi connectivity index (χ2v) is 5.10. The average Bonchev–Trinajstić information content (AvgIpc) is 2.83. The maximum absolute atomic E-state index is 9.82. The van der Waals surface area contributed by atoms with Gasteiger partial charge in [0.1, 0.15) is 17.6 Å². The molecule has 1 aliphatic rings. The maximum Gasteiger partial charge on any atom is 0.117 e. The Morgan fingerprint density at radius 1 is 1.26 bits per heavy atom. The molecule has 1 saturated heterocycles. The topological polar surface area (TPSA) is 74.9 Å². The van der Waals surface area contributed by atoms with Crippen molar-refractivity contribution in [3.05, 3.63) is 23.7 Å². The van der Waals surface area contributed by atoms with Gasteiger partial charge < -0.3 is 24.7 Å². The van der Waals surface area contributed by atoms with Gasteiger partial charge in [-0.3, -0.25) is 0 Å². The molecule has 0 spiro atoms. The third-order valence-corrected chi connectivity index (χ3v) is 3.42. The summed E-state index contributed by atoms with van der Waals surface area (Å²) in [6, 6.07) is 3.98. The van der Waals surface area contributed by atoms with E-state index >= 15 is 0 Å². The lowest BCUT2D eigenvalue weighted by Gasteiger charge is -2.31. The van der Waals surface area contributed by atoms with Crippen LogP contribution in [-0.2, 0) is 17.7 Å². The van der Waals surface area contributed by atoms with Gasteiger partial charge in [-0.05, 0) is 18.6 Å². The number of aliphatic hydroxyl groups is 2. The highest BCUT2D eigenvalue weighted by atomic mass is 16.5. The van der Waals surface area contributed by atoms with Crippen molar-refractivity contribution in [2.45, 2.75) is 38.5 Å². The van der Waals surface area contributed by atoms with Gasteiger partial charge in [0.05, 0.1) is 25.9 Å². The predicted octanol–water partition coefficient (Wildman–Crippen LogP) is 0.690. The lowest BCUT2D eigenvalue weighted by Crippen LogP contribution is -2.47. The largest absolute Gasteiger partial charge is 0.465 e. The molecule has 0 radical (unpaired) electrons. The zero-order chi connectivity index (χ0) is 13.7. The van der Waals surface area contributed by atoms with E-state index in [2.05, 4.69) is 12.2 Å². The fourth-order valence-electron chi connectivity index (χ4n) is 2.31. The van der Waals surface area contributed by atoms with Gasteiger partial charge in [0.2, 0.25) is 0 Å². The van der Waals surface area contributed by atoms with E-state index in [1.54, 1.807) is 0 Å². The quantitative estimate of drug-likeness (QED) is 0.708. The van der Waals surface area contributed by atoms with Crippen molar-refractivity contribution in [1.82, 2.24) is 5.32 Å². The summed E-state index contributed by atoms with van der Waals surface area (Å²) in [6.07, 6.45) is 0.541. The van der Waals surface area contributed by atoms with Crippen molar-refractivity contribution in [3.8, 4) is 0 Å². The highest BCUT2D eigenvalue weighted by molar-refractivity contribution is 5.07. The Bertz CT molecular complexity index is 379. The Kier molecular flexibility index (Phi) is 5.39. The fraction of sp³-hybridized carbons (Fsp3) is 0.714. The van der Waals surface area contributed by atoms with Crippen LogP contribution in [0.5, 0.6) is 0 Å². The zero-order valence-electron chi connectivity index (χ0n) is 11.3. The molecular formula is C14H23NO4. The summed E-state index contributed by atoms with van der Waals surface area (Å²) in [5.74, 6) is 1.83. The van der Waals surface area contributed by atoms with Crippen LogP contribution >= 0.6 is 0 Å². The van der Waals surface area contributed by atoms with Crippen LogP contribution in [0.1, 0.15) is 24.9 Å². The second-order valence-electron chi connectivity index (χ2n) is 5.10. The molecule has 1 aromatic heterocycles. The molecule has 0 bridgehead atoms. The van der Waals surface area contributed by atoms with Crippen LogP contribution in [-0.4, -0.2) is 42.2 Å². The summed E-state index contributed by atoms with van der Waals surface area (Å²) in [6.45, 7) is 4.04. The summed E-state index contributed by atoms with van der Waals surface area (Å²) in [4.78, 5) is 0. The highest BCUT2D eigenvalue weighted by Crippen LogP contribution is 2.15. The van der Waals surface area contributed by atoms with E-state index in [-0.39, 0.29) is 12.5 Å². The Morgan fingerprint density at radius 3 is 2.84 bits per heavy atom. The Hall–Kier alpha value is -0.880. The van der Waals surface area contributed by atoms with Gasteiger partial charge in [0.25, 0.3) is 0 Å². The van der Waals surface area contributed by atoms with Crippen LogP contribution in [0.15, 0.2) is 16.5 Å². The molecule has 0 aliphatic carbocycles. The molecule has 3 N–H and O–H groups in total. The molecule has 1 fully saturated rings. The van der Waals surface area contributed by atoms with Gasteiger partial charge in [-0.25, -0.2) is 0 Å². The minimum absolute atomic E-state index is 0.0752. The van der Waals surface area contributed by atoms with Gasteiger partial charge in [0, 0.05) is 18.9 Å². The van der Waals surface area contributed by atoms with E-state index in [0.717, 1.165) is 24.4 Å². The molecule has 19 heavy (non-hydrogen) atoms. The molecule has 2 rings (SSSR count). The third kappa shape index (κ3) is 4.04. The van der Waals surface area contributed by atoms with Crippen molar-refractivity contribution in [2.75, 3.05) is 19.8 Å². The van der Waals surface area contributed by atoms with Gasteiger partial charge >= 0.3 is 0 Å². The SMILES string of the molecule is CCCc1ccc(CNC[C@@H]2COC[C@@H](O)[C@H]2O)o1. The maximum atomic E-state index is 9.82. The van der Waals surface area contributed by atoms with Crippen molar-refractivity contribution in [3.63, 3.8) is 0 Å². The highest BCUT2D eigenvalue weighted by Gasteiger charge is 2.30. The molecule has 1 aromatic rings. The summed E-state index contributed by atoms with van der Waals surface area (Å²) >= 11 is 0. The summed E-state index contributed by atoms with van der Waals surface area (Å²) in [7, 11) is 0. The summed E-state index contributed by atoms with van der Waals surface area (Å²) < 4.78 is 10.9. The number of hydrogen-bond acceptors (Lipinski definition) is 5. The predicted molar refractivity (Wildman–Crippen MR) is 70.7 cm³/mol. The minimum atomic E-state index is -0.777. The first kappa shape index (κ1) is 14.5. The van der Waals surface area contributed by atoms with Crippen LogP contribution < -0.4 is 5.32 Å². The molecule has 0 aromatic carbocycles. The van der Waals surface area contributed by atoms with Crippen molar-refractivity contribution >= 4 is 0 Å². The van der Waals surface area contributed by atoms with Gasteiger partial charge in [-0.2, -0.15) is 0 Å². The number of aryl methyl sites for hydroxylation is 1. The van der Waals surface area contributed by atoms with E-state index in [1.165, 1.54) is 0 Å². The van der Waals surface area contributed by atoms with Crippen LogP contribution in [0.25, 0.3) is 0 Å². The zero-order valence-corrected chi connectivity index (χ0v) is 11.3. The Morgan fingerprint density at radius 2 is 2.05 bits per heavy atom. The number of rotatable bonds is 6. The number of hydrogen-bond donors (Lipinski definition) is 3. The summed E-state index contributed by atoms with van der Waals surface area (Å²) in [5.41, 5.74) is 0. The fourth-order valence-corrected chi connectivity index (χ4v) is 2.31. The molecule has 2 heterocycles. The number of furan rings is 1. The molecular weight excluding hydrogens is 246 g/mol. The monoisotopic (exact) mass is 269 g/mol. The van der Waals surface area contributed by atoms with Crippen LogP contribution in [0.4, 0.5) is 0 Å². The van der Waals surface area contributed by atoms with Gasteiger partial charge in [-0.1, -0.05) is 6.92 Å². The van der Waals surface area contributed by atoms with E-state index in [4.69, 9.17) is 9.15 Å². The average molecular weight is 269 g/mol. The van der Waals surface area contributed by atoms with E-state index in [1.807, 2.05) is 12.1 Å². The standard InChI is InChI=1S/C14H23NO4/c1-2-3-11-4-5-12(19-11)7-15-6-10-8-18-9-13(16)14(10)17/h4-5,10,13-17H,2-3,6-9H2,1H3/t10-,13-,14+/m1/s1. The normalized spacial score (nSPS) is 27.6. The Labute approximate surface area is 113 Å². The lowest BCUT2D eigenvalue weighted by atomic mass is 9.96. The number of nitrogens with one attached hydrogen (secondary N) is 1. The van der Waals surface area contributed by atoms with Crippen LogP contribution in [0, 0.1) is 5.92 Å². The first-order valence-electron chi connectivity index (χ1n) is 6.93. The molecule has 108 valence electrons.